The van der Waals surface area contributed by atoms with E-state index in [-0.39, 0.29) is 18.3 Å². The lowest BCUT2D eigenvalue weighted by molar-refractivity contribution is 0.0732. The molecule has 1 atom stereocenters. The molecule has 1 aliphatic heterocycles. The van der Waals surface area contributed by atoms with Crippen LogP contribution < -0.4 is 4.74 Å². The molecule has 1 aromatic heterocycles. The first-order valence-corrected chi connectivity index (χ1v) is 11.2. The largest absolute Gasteiger partial charge is 0.507 e. The van der Waals surface area contributed by atoms with Gasteiger partial charge in [-0.2, -0.15) is 5.10 Å². The molecule has 7 nitrogen and oxygen atoms in total. The van der Waals surface area contributed by atoms with Crippen molar-refractivity contribution in [2.75, 3.05) is 19.8 Å². The number of nitrogens with zero attached hydrogens (tertiary/aromatic N) is 2. The number of rotatable bonds is 10. The van der Waals surface area contributed by atoms with Crippen LogP contribution >= 0.6 is 0 Å². The summed E-state index contributed by atoms with van der Waals surface area (Å²) >= 11 is 0. The number of aromatic amines is 1. The molecule has 168 valence electrons. The second kappa shape index (κ2) is 9.87. The maximum absolute atomic E-state index is 13.2. The summed E-state index contributed by atoms with van der Waals surface area (Å²) in [6.07, 6.45) is 3.72. The van der Waals surface area contributed by atoms with E-state index in [1.54, 1.807) is 23.1 Å². The molecular formula is C25H29N3O4. The molecule has 0 radical (unpaired) electrons. The van der Waals surface area contributed by atoms with Gasteiger partial charge in [-0.3, -0.25) is 9.89 Å². The van der Waals surface area contributed by atoms with Gasteiger partial charge in [-0.05, 0) is 42.7 Å². The Hall–Kier alpha value is -3.32. The molecule has 1 unspecified atom stereocenters. The molecule has 1 aliphatic rings. The summed E-state index contributed by atoms with van der Waals surface area (Å²) in [5.74, 6) is 0.700. The third-order valence-corrected chi connectivity index (χ3v) is 5.77. The fourth-order valence-corrected chi connectivity index (χ4v) is 4.21. The van der Waals surface area contributed by atoms with E-state index >= 15 is 0 Å². The van der Waals surface area contributed by atoms with E-state index in [1.165, 1.54) is 0 Å². The highest BCUT2D eigenvalue weighted by Crippen LogP contribution is 2.44. The number of carbonyl (C=O) groups is 1. The van der Waals surface area contributed by atoms with Crippen molar-refractivity contribution in [2.24, 2.45) is 0 Å². The quantitative estimate of drug-likeness (QED) is 0.413. The van der Waals surface area contributed by atoms with Crippen molar-refractivity contribution in [3.05, 3.63) is 65.4 Å². The van der Waals surface area contributed by atoms with Crippen LogP contribution in [0.4, 0.5) is 0 Å². The van der Waals surface area contributed by atoms with E-state index in [4.69, 9.17) is 4.74 Å². The number of phenolic OH excluding ortho intramolecular Hbond substituents is 1. The Kier molecular flexibility index (Phi) is 6.75. The molecule has 0 aliphatic carbocycles. The lowest BCUT2D eigenvalue weighted by atomic mass is 9.95. The topological polar surface area (TPSA) is 98.7 Å². The van der Waals surface area contributed by atoms with Crippen LogP contribution in [0.3, 0.4) is 0 Å². The number of fused-ring (bicyclic) bond motifs is 1. The Balaban J connectivity index is 1.74. The number of aliphatic hydroxyl groups is 1. The number of aromatic hydroxyl groups is 1. The molecular weight excluding hydrogens is 406 g/mol. The third kappa shape index (κ3) is 4.21. The fourth-order valence-electron chi connectivity index (χ4n) is 4.21. The van der Waals surface area contributed by atoms with Crippen LogP contribution in [0.5, 0.6) is 11.5 Å². The number of hydrogen-bond donors (Lipinski definition) is 3. The predicted molar refractivity (Wildman–Crippen MR) is 122 cm³/mol. The standard InChI is InChI=1S/C25H29N3O4/c1-2-3-6-15-32-18-10-7-9-17(16-18)24-21-22(19-11-4-5-12-20(19)30)26-27-23(21)25(31)28(24)13-8-14-29/h4-5,7,9-12,16,24,29-30H,2-3,6,8,13-15H2,1H3,(H,26,27). The number of nitrogens with one attached hydrogen (secondary N) is 1. The zero-order valence-electron chi connectivity index (χ0n) is 18.3. The molecule has 3 N–H and O–H groups in total. The average molecular weight is 436 g/mol. The number of hydrogen-bond acceptors (Lipinski definition) is 5. The second-order valence-electron chi connectivity index (χ2n) is 7.98. The van der Waals surface area contributed by atoms with Crippen molar-refractivity contribution in [3.8, 4) is 22.8 Å². The highest BCUT2D eigenvalue weighted by atomic mass is 16.5. The van der Waals surface area contributed by atoms with Crippen molar-refractivity contribution in [2.45, 2.75) is 38.6 Å². The number of amides is 1. The van der Waals surface area contributed by atoms with Crippen molar-refractivity contribution in [1.29, 1.82) is 0 Å². The third-order valence-electron chi connectivity index (χ3n) is 5.77. The van der Waals surface area contributed by atoms with E-state index in [0.717, 1.165) is 36.1 Å². The molecule has 0 spiro atoms. The van der Waals surface area contributed by atoms with Gasteiger partial charge in [-0.1, -0.05) is 44.0 Å². The van der Waals surface area contributed by atoms with E-state index in [9.17, 15) is 15.0 Å². The van der Waals surface area contributed by atoms with Crippen LogP contribution in [0.2, 0.25) is 0 Å². The number of unbranched alkanes of at least 4 members (excludes halogenated alkanes) is 2. The molecule has 7 heteroatoms. The summed E-state index contributed by atoms with van der Waals surface area (Å²) in [6.45, 7) is 3.21. The Morgan fingerprint density at radius 3 is 2.75 bits per heavy atom. The number of benzene rings is 2. The fraction of sp³-hybridized carbons (Fsp3) is 0.360. The van der Waals surface area contributed by atoms with Gasteiger partial charge < -0.3 is 19.8 Å². The minimum atomic E-state index is -0.392. The van der Waals surface area contributed by atoms with Crippen molar-refractivity contribution in [1.82, 2.24) is 15.1 Å². The van der Waals surface area contributed by atoms with Crippen molar-refractivity contribution >= 4 is 5.91 Å². The van der Waals surface area contributed by atoms with Crippen LogP contribution in [0.25, 0.3) is 11.3 Å². The molecule has 0 bridgehead atoms. The Labute approximate surface area is 187 Å². The minimum absolute atomic E-state index is 0.00437. The Morgan fingerprint density at radius 2 is 1.97 bits per heavy atom. The van der Waals surface area contributed by atoms with Gasteiger partial charge in [-0.25, -0.2) is 0 Å². The monoisotopic (exact) mass is 435 g/mol. The van der Waals surface area contributed by atoms with Crippen LogP contribution in [0.15, 0.2) is 48.5 Å². The van der Waals surface area contributed by atoms with Crippen LogP contribution in [-0.4, -0.2) is 51.0 Å². The number of aliphatic hydroxyl groups excluding tert-OH is 1. The molecule has 0 saturated carbocycles. The number of H-pyrrole nitrogens is 1. The highest BCUT2D eigenvalue weighted by molar-refractivity contribution is 6.00. The first-order valence-electron chi connectivity index (χ1n) is 11.2. The van der Waals surface area contributed by atoms with Gasteiger partial charge in [-0.15, -0.1) is 0 Å². The molecule has 3 aromatic rings. The molecule has 2 heterocycles. The number of ether oxygens (including phenoxy) is 1. The second-order valence-corrected chi connectivity index (χ2v) is 7.98. The van der Waals surface area contributed by atoms with Gasteiger partial charge in [0.1, 0.15) is 22.9 Å². The van der Waals surface area contributed by atoms with E-state index in [1.807, 2.05) is 30.3 Å². The summed E-state index contributed by atoms with van der Waals surface area (Å²) in [5, 5.41) is 27.1. The summed E-state index contributed by atoms with van der Waals surface area (Å²) in [4.78, 5) is 15.0. The number of aromatic nitrogens is 2. The molecule has 4 rings (SSSR count). The molecule has 32 heavy (non-hydrogen) atoms. The van der Waals surface area contributed by atoms with Crippen LogP contribution in [0, 0.1) is 0 Å². The zero-order valence-corrected chi connectivity index (χ0v) is 18.3. The molecule has 1 amide bonds. The summed E-state index contributed by atoms with van der Waals surface area (Å²) in [7, 11) is 0. The summed E-state index contributed by atoms with van der Waals surface area (Å²) in [5.41, 5.74) is 3.18. The predicted octanol–water partition coefficient (Wildman–Crippen LogP) is 4.28. The minimum Gasteiger partial charge on any atom is -0.507 e. The number of para-hydroxylation sites is 1. The van der Waals surface area contributed by atoms with Gasteiger partial charge in [0.15, 0.2) is 0 Å². The van der Waals surface area contributed by atoms with Gasteiger partial charge >= 0.3 is 0 Å². The van der Waals surface area contributed by atoms with Gasteiger partial charge in [0.25, 0.3) is 5.91 Å². The summed E-state index contributed by atoms with van der Waals surface area (Å²) in [6, 6.07) is 14.4. The summed E-state index contributed by atoms with van der Waals surface area (Å²) < 4.78 is 5.95. The maximum Gasteiger partial charge on any atom is 0.273 e. The van der Waals surface area contributed by atoms with E-state index < -0.39 is 6.04 Å². The van der Waals surface area contributed by atoms with Crippen molar-refractivity contribution in [3.63, 3.8) is 0 Å². The highest BCUT2D eigenvalue weighted by Gasteiger charge is 2.42. The van der Waals surface area contributed by atoms with Crippen molar-refractivity contribution < 1.29 is 19.7 Å². The van der Waals surface area contributed by atoms with Crippen LogP contribution in [0.1, 0.15) is 60.3 Å². The smallest absolute Gasteiger partial charge is 0.273 e. The van der Waals surface area contributed by atoms with Gasteiger partial charge in [0, 0.05) is 24.3 Å². The van der Waals surface area contributed by atoms with E-state index in [0.29, 0.717) is 36.5 Å². The maximum atomic E-state index is 13.2. The Morgan fingerprint density at radius 1 is 1.12 bits per heavy atom. The number of phenols is 1. The lowest BCUT2D eigenvalue weighted by Crippen LogP contribution is -2.31. The van der Waals surface area contributed by atoms with Gasteiger partial charge in [0.2, 0.25) is 0 Å². The SMILES string of the molecule is CCCCCOc1cccc(C2c3c(-c4ccccc4O)n[nH]c3C(=O)N2CCCO)c1. The first kappa shape index (κ1) is 21.9. The van der Waals surface area contributed by atoms with Crippen LogP contribution in [-0.2, 0) is 0 Å². The zero-order chi connectivity index (χ0) is 22.5. The average Bonchev–Trinajstić information content (AvgIpc) is 3.34. The molecule has 2 aromatic carbocycles. The normalized spacial score (nSPS) is 15.2. The first-order chi connectivity index (χ1) is 15.7. The lowest BCUT2D eigenvalue weighted by Gasteiger charge is -2.26. The number of carbonyl (C=O) groups excluding carboxylic acids is 1. The molecule has 0 saturated heterocycles. The molecule has 0 fully saturated rings. The van der Waals surface area contributed by atoms with Gasteiger partial charge in [0.05, 0.1) is 12.6 Å². The van der Waals surface area contributed by atoms with E-state index in [2.05, 4.69) is 17.1 Å². The Bertz CT molecular complexity index is 1080.